The molecule has 2 N–H and O–H groups in total. The first-order valence-corrected chi connectivity index (χ1v) is 11.2. The molecular weight excluding hydrogens is 384 g/mol. The maximum Gasteiger partial charge on any atom is 0.348 e. The quantitative estimate of drug-likeness (QED) is 0.668. The van der Waals surface area contributed by atoms with Crippen LogP contribution in [-0.2, 0) is 4.74 Å². The van der Waals surface area contributed by atoms with Crippen LogP contribution in [0.2, 0.25) is 0 Å². The molecule has 5 nitrogen and oxygen atoms in total. The number of carbonyl (C=O) groups excluding carboxylic acids is 2. The normalized spacial score (nSPS) is 29.5. The Morgan fingerprint density at radius 1 is 0.931 bits per heavy atom. The molecule has 0 saturated heterocycles. The molecule has 1 amide bonds. The van der Waals surface area contributed by atoms with Crippen molar-refractivity contribution < 1.29 is 14.3 Å². The van der Waals surface area contributed by atoms with Crippen LogP contribution in [0.4, 0.5) is 11.4 Å². The number of carbonyl (C=O) groups is 2. The highest BCUT2D eigenvalue weighted by molar-refractivity contribution is 7.16. The maximum atomic E-state index is 12.8. The lowest BCUT2D eigenvalue weighted by atomic mass is 9.53. The smallest absolute Gasteiger partial charge is 0.348 e. The van der Waals surface area contributed by atoms with Crippen molar-refractivity contribution in [3.8, 4) is 0 Å². The van der Waals surface area contributed by atoms with Crippen LogP contribution in [0.3, 0.4) is 0 Å². The molecule has 0 spiro atoms. The van der Waals surface area contributed by atoms with E-state index in [1.165, 1.54) is 45.6 Å². The van der Waals surface area contributed by atoms with E-state index < -0.39 is 5.97 Å². The van der Waals surface area contributed by atoms with Gasteiger partial charge < -0.3 is 15.4 Å². The van der Waals surface area contributed by atoms with Gasteiger partial charge in [0.25, 0.3) is 5.91 Å². The molecule has 0 aliphatic heterocycles. The minimum atomic E-state index is -0.419. The SMILES string of the molecule is COC(=O)c1ccc(C(=O)Nc2ccccc2NC23CC4CC(CC(C4)C2)C3)s1. The van der Waals surface area contributed by atoms with Crippen molar-refractivity contribution in [2.75, 3.05) is 17.7 Å². The van der Waals surface area contributed by atoms with Crippen LogP contribution in [-0.4, -0.2) is 24.5 Å². The van der Waals surface area contributed by atoms with Gasteiger partial charge in [0.15, 0.2) is 0 Å². The second-order valence-electron chi connectivity index (χ2n) is 8.98. The summed E-state index contributed by atoms with van der Waals surface area (Å²) in [6.07, 6.45) is 7.94. The van der Waals surface area contributed by atoms with E-state index in [0.717, 1.165) is 40.5 Å². The molecule has 4 aliphatic rings. The molecule has 2 aromatic rings. The predicted molar refractivity (Wildman–Crippen MR) is 115 cm³/mol. The third-order valence-corrected chi connectivity index (χ3v) is 7.89. The van der Waals surface area contributed by atoms with E-state index >= 15 is 0 Å². The average molecular weight is 411 g/mol. The fourth-order valence-corrected chi connectivity index (χ4v) is 6.92. The predicted octanol–water partition coefficient (Wildman–Crippen LogP) is 5.17. The average Bonchev–Trinajstić information content (AvgIpc) is 3.18. The summed E-state index contributed by atoms with van der Waals surface area (Å²) < 4.78 is 4.73. The number of amides is 1. The van der Waals surface area contributed by atoms with Crippen molar-refractivity contribution in [3.05, 3.63) is 46.2 Å². The Morgan fingerprint density at radius 2 is 1.52 bits per heavy atom. The second-order valence-corrected chi connectivity index (χ2v) is 10.1. The summed E-state index contributed by atoms with van der Waals surface area (Å²) in [7, 11) is 1.34. The van der Waals surface area contributed by atoms with Gasteiger partial charge in [0.1, 0.15) is 4.88 Å². The first-order valence-electron chi connectivity index (χ1n) is 10.4. The number of esters is 1. The third kappa shape index (κ3) is 3.54. The van der Waals surface area contributed by atoms with Gasteiger partial charge in [-0.2, -0.15) is 0 Å². The molecule has 6 rings (SSSR count). The molecule has 1 aromatic heterocycles. The van der Waals surface area contributed by atoms with Gasteiger partial charge in [-0.25, -0.2) is 4.79 Å². The highest BCUT2D eigenvalue weighted by Crippen LogP contribution is 2.56. The van der Waals surface area contributed by atoms with E-state index in [9.17, 15) is 9.59 Å². The first-order chi connectivity index (χ1) is 14.0. The molecule has 6 heteroatoms. The molecule has 4 saturated carbocycles. The lowest BCUT2D eigenvalue weighted by Gasteiger charge is -2.57. The van der Waals surface area contributed by atoms with Crippen LogP contribution in [0.1, 0.15) is 57.9 Å². The van der Waals surface area contributed by atoms with Crippen LogP contribution in [0.25, 0.3) is 0 Å². The minimum absolute atomic E-state index is 0.177. The summed E-state index contributed by atoms with van der Waals surface area (Å²) in [5.41, 5.74) is 1.96. The molecule has 152 valence electrons. The summed E-state index contributed by atoms with van der Waals surface area (Å²) in [6, 6.07) is 11.2. The van der Waals surface area contributed by atoms with Gasteiger partial charge in [-0.15, -0.1) is 11.3 Å². The Kier molecular flexibility index (Phi) is 4.62. The van der Waals surface area contributed by atoms with E-state index in [2.05, 4.69) is 16.7 Å². The van der Waals surface area contributed by atoms with Crippen molar-refractivity contribution in [1.82, 2.24) is 0 Å². The van der Waals surface area contributed by atoms with Gasteiger partial charge in [-0.05, 0) is 80.5 Å². The monoisotopic (exact) mass is 410 g/mol. The number of para-hydroxylation sites is 2. The van der Waals surface area contributed by atoms with E-state index in [1.54, 1.807) is 12.1 Å². The molecule has 4 bridgehead atoms. The Labute approximate surface area is 174 Å². The van der Waals surface area contributed by atoms with E-state index in [4.69, 9.17) is 4.74 Å². The van der Waals surface area contributed by atoms with Gasteiger partial charge in [0.05, 0.1) is 23.4 Å². The van der Waals surface area contributed by atoms with Crippen molar-refractivity contribution in [3.63, 3.8) is 0 Å². The molecule has 4 aliphatic carbocycles. The molecule has 0 unspecified atom stereocenters. The van der Waals surface area contributed by atoms with Gasteiger partial charge in [-0.1, -0.05) is 12.1 Å². The fourth-order valence-electron chi connectivity index (χ4n) is 6.10. The zero-order valence-corrected chi connectivity index (χ0v) is 17.4. The number of methoxy groups -OCH3 is 1. The third-order valence-electron chi connectivity index (χ3n) is 6.83. The van der Waals surface area contributed by atoms with Crippen LogP contribution in [0, 0.1) is 17.8 Å². The molecule has 4 fully saturated rings. The molecule has 1 heterocycles. The number of benzene rings is 1. The number of nitrogens with one attached hydrogen (secondary N) is 2. The second kappa shape index (κ2) is 7.17. The summed E-state index contributed by atoms with van der Waals surface area (Å²) in [4.78, 5) is 25.4. The zero-order valence-electron chi connectivity index (χ0n) is 16.6. The Morgan fingerprint density at radius 3 is 2.14 bits per heavy atom. The first kappa shape index (κ1) is 18.7. The zero-order chi connectivity index (χ0) is 20.0. The minimum Gasteiger partial charge on any atom is -0.465 e. The summed E-state index contributed by atoms with van der Waals surface area (Å²) in [5, 5.41) is 6.90. The number of thiophene rings is 1. The molecule has 1 aromatic carbocycles. The van der Waals surface area contributed by atoms with E-state index in [-0.39, 0.29) is 11.4 Å². The standard InChI is InChI=1S/C23H26N2O3S/c1-28-22(27)20-7-6-19(29-20)21(26)24-17-4-2-3-5-18(17)25-23-11-14-8-15(12-23)10-16(9-14)13-23/h2-7,14-16,25H,8-13H2,1H3,(H,24,26). The Bertz CT molecular complexity index is 916. The highest BCUT2D eigenvalue weighted by Gasteiger charge is 2.51. The summed E-state index contributed by atoms with van der Waals surface area (Å²) >= 11 is 1.15. The van der Waals surface area contributed by atoms with Gasteiger partial charge in [0, 0.05) is 5.54 Å². The Balaban J connectivity index is 1.34. The van der Waals surface area contributed by atoms with Crippen molar-refractivity contribution in [2.24, 2.45) is 17.8 Å². The number of anilines is 2. The topological polar surface area (TPSA) is 67.4 Å². The van der Waals surface area contributed by atoms with Gasteiger partial charge >= 0.3 is 5.97 Å². The molecular formula is C23H26N2O3S. The maximum absolute atomic E-state index is 12.8. The van der Waals surface area contributed by atoms with Crippen LogP contribution >= 0.6 is 11.3 Å². The fraction of sp³-hybridized carbons (Fsp3) is 0.478. The number of hydrogen-bond acceptors (Lipinski definition) is 5. The van der Waals surface area contributed by atoms with Crippen LogP contribution in [0.5, 0.6) is 0 Å². The largest absolute Gasteiger partial charge is 0.465 e. The van der Waals surface area contributed by atoms with Crippen LogP contribution in [0.15, 0.2) is 36.4 Å². The van der Waals surface area contributed by atoms with Crippen LogP contribution < -0.4 is 10.6 Å². The lowest BCUT2D eigenvalue weighted by molar-refractivity contribution is 0.0107. The van der Waals surface area contributed by atoms with E-state index in [0.29, 0.717) is 9.75 Å². The lowest BCUT2D eigenvalue weighted by Crippen LogP contribution is -2.54. The van der Waals surface area contributed by atoms with E-state index in [1.807, 2.05) is 18.2 Å². The highest BCUT2D eigenvalue weighted by atomic mass is 32.1. The summed E-state index contributed by atoms with van der Waals surface area (Å²) in [6.45, 7) is 0. The van der Waals surface area contributed by atoms with Gasteiger partial charge in [-0.3, -0.25) is 4.79 Å². The Hall–Kier alpha value is -2.34. The molecule has 0 atom stereocenters. The number of ether oxygens (including phenoxy) is 1. The van der Waals surface area contributed by atoms with Crippen molar-refractivity contribution >= 4 is 34.6 Å². The van der Waals surface area contributed by atoms with Gasteiger partial charge in [0.2, 0.25) is 0 Å². The number of hydrogen-bond donors (Lipinski definition) is 2. The number of rotatable bonds is 5. The summed E-state index contributed by atoms with van der Waals surface area (Å²) in [5.74, 6) is 1.96. The van der Waals surface area contributed by atoms with Crippen molar-refractivity contribution in [1.29, 1.82) is 0 Å². The molecule has 0 radical (unpaired) electrons. The van der Waals surface area contributed by atoms with Crippen molar-refractivity contribution in [2.45, 2.75) is 44.1 Å². The molecule has 29 heavy (non-hydrogen) atoms.